The molecule has 1 amide bonds. The molecule has 0 spiro atoms. The number of para-hydroxylation sites is 2. The molecule has 1 atom stereocenters. The van der Waals surface area contributed by atoms with Crippen LogP contribution in [0.2, 0.25) is 0 Å². The van der Waals surface area contributed by atoms with Crippen LogP contribution in [0.4, 0.5) is 11.6 Å². The smallest absolute Gasteiger partial charge is 0.252 e. The van der Waals surface area contributed by atoms with Crippen LogP contribution in [0.15, 0.2) is 59.4 Å². The maximum absolute atomic E-state index is 12.7. The maximum Gasteiger partial charge on any atom is 0.252 e. The molecular formula is C23H24N4O3. The second kappa shape index (κ2) is 8.41. The Morgan fingerprint density at radius 1 is 1.17 bits per heavy atom. The van der Waals surface area contributed by atoms with E-state index in [1.54, 1.807) is 12.0 Å². The number of H-pyrrole nitrogens is 1. The van der Waals surface area contributed by atoms with Crippen LogP contribution >= 0.6 is 0 Å². The third-order valence-electron chi connectivity index (χ3n) is 5.39. The van der Waals surface area contributed by atoms with Crippen LogP contribution in [0.3, 0.4) is 0 Å². The van der Waals surface area contributed by atoms with Gasteiger partial charge in [-0.3, -0.25) is 14.6 Å². The normalized spacial score (nSPS) is 16.0. The summed E-state index contributed by atoms with van der Waals surface area (Å²) < 4.78 is 5.39. The molecule has 2 N–H and O–H groups in total. The van der Waals surface area contributed by atoms with E-state index in [9.17, 15) is 9.59 Å². The Bertz CT molecular complexity index is 1130. The number of aryl methyl sites for hydroxylation is 1. The van der Waals surface area contributed by atoms with Gasteiger partial charge in [0.2, 0.25) is 11.9 Å². The molecule has 7 nitrogen and oxygen atoms in total. The van der Waals surface area contributed by atoms with Gasteiger partial charge < -0.3 is 15.0 Å². The van der Waals surface area contributed by atoms with Crippen molar-refractivity contribution < 1.29 is 9.53 Å². The molecule has 154 valence electrons. The molecule has 1 fully saturated rings. The van der Waals surface area contributed by atoms with E-state index < -0.39 is 0 Å². The van der Waals surface area contributed by atoms with Crippen molar-refractivity contribution in [1.82, 2.24) is 9.97 Å². The lowest BCUT2D eigenvalue weighted by Crippen LogP contribution is -2.25. The molecule has 0 radical (unpaired) electrons. The molecular weight excluding hydrogens is 380 g/mol. The number of nitrogens with zero attached hydrogens (tertiary/aromatic N) is 2. The fraction of sp³-hybridized carbons (Fsp3) is 0.261. The minimum Gasteiger partial charge on any atom is -0.495 e. The first kappa shape index (κ1) is 19.7. The zero-order valence-electron chi connectivity index (χ0n) is 17.0. The number of amides is 1. The van der Waals surface area contributed by atoms with Gasteiger partial charge in [0, 0.05) is 31.5 Å². The van der Waals surface area contributed by atoms with Gasteiger partial charge in [0.05, 0.1) is 18.5 Å². The number of rotatable bonds is 6. The number of hydrogen-bond donors (Lipinski definition) is 2. The van der Waals surface area contributed by atoms with Crippen molar-refractivity contribution in [2.75, 3.05) is 23.9 Å². The van der Waals surface area contributed by atoms with Gasteiger partial charge in [0.1, 0.15) is 5.75 Å². The summed E-state index contributed by atoms with van der Waals surface area (Å²) in [5, 5.41) is 3.19. The van der Waals surface area contributed by atoms with Gasteiger partial charge in [-0.05, 0) is 30.2 Å². The molecule has 3 aromatic rings. The number of aromatic nitrogens is 2. The van der Waals surface area contributed by atoms with Gasteiger partial charge in [-0.1, -0.05) is 36.4 Å². The molecule has 7 heteroatoms. The molecule has 0 bridgehead atoms. The first-order valence-electron chi connectivity index (χ1n) is 9.88. The van der Waals surface area contributed by atoms with E-state index in [2.05, 4.69) is 15.3 Å². The minimum atomic E-state index is -0.240. The summed E-state index contributed by atoms with van der Waals surface area (Å²) in [6.07, 6.45) is 0.297. The molecule has 4 rings (SSSR count). The van der Waals surface area contributed by atoms with E-state index in [0.29, 0.717) is 36.9 Å². The van der Waals surface area contributed by atoms with Crippen LogP contribution in [0.25, 0.3) is 0 Å². The number of ether oxygens (including phenoxy) is 1. The lowest BCUT2D eigenvalue weighted by molar-refractivity contribution is -0.117. The van der Waals surface area contributed by atoms with Crippen LogP contribution in [0, 0.1) is 6.92 Å². The van der Waals surface area contributed by atoms with Crippen molar-refractivity contribution in [2.24, 2.45) is 0 Å². The van der Waals surface area contributed by atoms with Crippen LogP contribution in [-0.4, -0.2) is 29.5 Å². The molecule has 2 heterocycles. The molecule has 0 saturated carbocycles. The molecule has 0 unspecified atom stereocenters. The van der Waals surface area contributed by atoms with Gasteiger partial charge in [0.25, 0.3) is 5.56 Å². The standard InChI is InChI=1S/C23H24N4O3/c1-15-7-3-4-8-16(15)13-24-23-25-18(12-21(28)26-23)17-11-22(29)27(14-17)19-9-5-6-10-20(19)30-2/h3-10,12,17H,11,13-14H2,1-2H3,(H2,24,25,26,28)/t17-/m1/s1. The lowest BCUT2D eigenvalue weighted by atomic mass is 10.0. The number of nitrogens with one attached hydrogen (secondary N) is 2. The van der Waals surface area contributed by atoms with E-state index in [0.717, 1.165) is 16.8 Å². The second-order valence-electron chi connectivity index (χ2n) is 7.38. The third-order valence-corrected chi connectivity index (χ3v) is 5.39. The first-order chi connectivity index (χ1) is 14.5. The number of methoxy groups -OCH3 is 1. The molecule has 1 saturated heterocycles. The molecule has 0 aliphatic carbocycles. The Morgan fingerprint density at radius 2 is 1.93 bits per heavy atom. The highest BCUT2D eigenvalue weighted by Crippen LogP contribution is 2.35. The van der Waals surface area contributed by atoms with Crippen LogP contribution in [-0.2, 0) is 11.3 Å². The van der Waals surface area contributed by atoms with Crippen molar-refractivity contribution in [1.29, 1.82) is 0 Å². The average molecular weight is 404 g/mol. The summed E-state index contributed by atoms with van der Waals surface area (Å²) in [5.74, 6) is 0.875. The number of carbonyl (C=O) groups excluding carboxylic acids is 1. The predicted octanol–water partition coefficient (Wildman–Crippen LogP) is 3.22. The van der Waals surface area contributed by atoms with Gasteiger partial charge in [-0.2, -0.15) is 0 Å². The van der Waals surface area contributed by atoms with Gasteiger partial charge in [-0.15, -0.1) is 0 Å². The Hall–Kier alpha value is -3.61. The van der Waals surface area contributed by atoms with Crippen molar-refractivity contribution >= 4 is 17.5 Å². The first-order valence-corrected chi connectivity index (χ1v) is 9.88. The Balaban J connectivity index is 1.54. The van der Waals surface area contributed by atoms with Gasteiger partial charge in [-0.25, -0.2) is 4.98 Å². The summed E-state index contributed by atoms with van der Waals surface area (Å²) in [6, 6.07) is 16.9. The SMILES string of the molecule is COc1ccccc1N1C[C@H](c2cc(=O)[nH]c(NCc3ccccc3C)n2)CC1=O. The monoisotopic (exact) mass is 404 g/mol. The highest BCUT2D eigenvalue weighted by Gasteiger charge is 2.34. The highest BCUT2D eigenvalue weighted by molar-refractivity contribution is 5.97. The number of carbonyl (C=O) groups is 1. The van der Waals surface area contributed by atoms with Crippen LogP contribution in [0.1, 0.15) is 29.2 Å². The highest BCUT2D eigenvalue weighted by atomic mass is 16.5. The fourth-order valence-electron chi connectivity index (χ4n) is 3.75. The van der Waals surface area contributed by atoms with Gasteiger partial charge in [0.15, 0.2) is 0 Å². The minimum absolute atomic E-state index is 0.0130. The maximum atomic E-state index is 12.7. The predicted molar refractivity (Wildman–Crippen MR) is 116 cm³/mol. The van der Waals surface area contributed by atoms with Crippen LogP contribution in [0.5, 0.6) is 5.75 Å². The summed E-state index contributed by atoms with van der Waals surface area (Å²) in [5.41, 5.74) is 3.39. The van der Waals surface area contributed by atoms with Crippen molar-refractivity contribution in [3.05, 3.63) is 81.8 Å². The third kappa shape index (κ3) is 4.05. The van der Waals surface area contributed by atoms with E-state index in [4.69, 9.17) is 4.74 Å². The zero-order valence-corrected chi connectivity index (χ0v) is 17.0. The topological polar surface area (TPSA) is 87.3 Å². The van der Waals surface area contributed by atoms with E-state index >= 15 is 0 Å². The Kier molecular flexibility index (Phi) is 5.52. The second-order valence-corrected chi connectivity index (χ2v) is 7.38. The van der Waals surface area contributed by atoms with Crippen molar-refractivity contribution in [3.63, 3.8) is 0 Å². The fourth-order valence-corrected chi connectivity index (χ4v) is 3.75. The molecule has 2 aromatic carbocycles. The van der Waals surface area contributed by atoms with Crippen LogP contribution < -0.4 is 20.5 Å². The number of anilines is 2. The Labute approximate surface area is 174 Å². The molecule has 1 aliphatic heterocycles. The Morgan fingerprint density at radius 3 is 2.73 bits per heavy atom. The number of aromatic amines is 1. The van der Waals surface area contributed by atoms with E-state index in [1.807, 2.05) is 55.5 Å². The number of benzene rings is 2. The average Bonchev–Trinajstić information content (AvgIpc) is 3.14. The summed E-state index contributed by atoms with van der Waals surface area (Å²) in [7, 11) is 1.58. The summed E-state index contributed by atoms with van der Waals surface area (Å²) in [6.45, 7) is 3.04. The lowest BCUT2D eigenvalue weighted by Gasteiger charge is -2.19. The molecule has 1 aliphatic rings. The van der Waals surface area contributed by atoms with E-state index in [1.165, 1.54) is 6.07 Å². The number of hydrogen-bond acceptors (Lipinski definition) is 5. The molecule has 30 heavy (non-hydrogen) atoms. The largest absolute Gasteiger partial charge is 0.495 e. The summed E-state index contributed by atoms with van der Waals surface area (Å²) >= 11 is 0. The van der Waals surface area contributed by atoms with Gasteiger partial charge >= 0.3 is 0 Å². The summed E-state index contributed by atoms with van der Waals surface area (Å²) in [4.78, 5) is 33.9. The van der Waals surface area contributed by atoms with Crippen molar-refractivity contribution in [2.45, 2.75) is 25.8 Å². The van der Waals surface area contributed by atoms with Crippen molar-refractivity contribution in [3.8, 4) is 5.75 Å². The quantitative estimate of drug-likeness (QED) is 0.659. The zero-order chi connectivity index (χ0) is 21.1. The van der Waals surface area contributed by atoms with E-state index in [-0.39, 0.29) is 17.4 Å². The molecule has 1 aromatic heterocycles.